The first-order valence-corrected chi connectivity index (χ1v) is 15.7. The van der Waals surface area contributed by atoms with Crippen LogP contribution in [0.5, 0.6) is 0 Å². The third-order valence-electron chi connectivity index (χ3n) is 6.51. The van der Waals surface area contributed by atoms with Crippen molar-refractivity contribution in [3.05, 3.63) is 93.5 Å². The zero-order valence-corrected chi connectivity index (χ0v) is 26.4. The zero-order valence-electron chi connectivity index (χ0n) is 24.0. The number of carbonyl (C=O) groups excluding carboxylic acids is 2. The van der Waals surface area contributed by atoms with E-state index >= 15 is 0 Å². The van der Waals surface area contributed by atoms with Crippen LogP contribution in [0.15, 0.2) is 71.6 Å². The standard InChI is InChI=1S/C31H37Cl2N3O4S/c1-6-29(31(38)34-18-21(2)3)35(19-24-12-13-27(32)28(33)17-24)30(37)20-36(25-15-22(4)14-23(5)16-25)41(39,40)26-10-8-7-9-11-26/h7-17,21,29H,6,18-20H2,1-5H3,(H,34,38)/t29-/m0/s1. The molecule has 0 spiro atoms. The number of halogens is 2. The van der Waals surface area contributed by atoms with Gasteiger partial charge in [-0.1, -0.05) is 74.3 Å². The lowest BCUT2D eigenvalue weighted by Crippen LogP contribution is -2.52. The van der Waals surface area contributed by atoms with Gasteiger partial charge in [0.2, 0.25) is 11.8 Å². The molecule has 41 heavy (non-hydrogen) atoms. The molecule has 0 aliphatic rings. The number of nitrogens with zero attached hydrogens (tertiary/aromatic N) is 2. The van der Waals surface area contributed by atoms with E-state index in [0.717, 1.165) is 15.4 Å². The molecule has 0 heterocycles. The van der Waals surface area contributed by atoms with Crippen molar-refractivity contribution in [1.29, 1.82) is 0 Å². The third kappa shape index (κ3) is 8.47. The molecule has 2 amide bonds. The van der Waals surface area contributed by atoms with Crippen molar-refractivity contribution in [2.24, 2.45) is 5.92 Å². The van der Waals surface area contributed by atoms with Gasteiger partial charge in [-0.05, 0) is 79.3 Å². The van der Waals surface area contributed by atoms with E-state index in [0.29, 0.717) is 34.3 Å². The van der Waals surface area contributed by atoms with Crippen LogP contribution in [0.25, 0.3) is 0 Å². The van der Waals surface area contributed by atoms with Crippen LogP contribution < -0.4 is 9.62 Å². The minimum Gasteiger partial charge on any atom is -0.354 e. The Morgan fingerprint density at radius 1 is 0.902 bits per heavy atom. The summed E-state index contributed by atoms with van der Waals surface area (Å²) in [5.74, 6) is -0.619. The Hall–Kier alpha value is -3.07. The van der Waals surface area contributed by atoms with Crippen molar-refractivity contribution < 1.29 is 18.0 Å². The maximum atomic E-state index is 14.2. The van der Waals surface area contributed by atoms with Gasteiger partial charge in [0.05, 0.1) is 20.6 Å². The normalized spacial score (nSPS) is 12.2. The fraction of sp³-hybridized carbons (Fsp3) is 0.355. The van der Waals surface area contributed by atoms with E-state index < -0.39 is 28.5 Å². The highest BCUT2D eigenvalue weighted by molar-refractivity contribution is 7.92. The van der Waals surface area contributed by atoms with Crippen molar-refractivity contribution in [3.63, 3.8) is 0 Å². The molecule has 3 aromatic rings. The lowest BCUT2D eigenvalue weighted by Gasteiger charge is -2.33. The lowest BCUT2D eigenvalue weighted by molar-refractivity contribution is -0.140. The highest BCUT2D eigenvalue weighted by Gasteiger charge is 2.34. The van der Waals surface area contributed by atoms with Crippen LogP contribution in [-0.2, 0) is 26.2 Å². The zero-order chi connectivity index (χ0) is 30.3. The van der Waals surface area contributed by atoms with Crippen molar-refractivity contribution in [3.8, 4) is 0 Å². The Morgan fingerprint density at radius 2 is 1.54 bits per heavy atom. The summed E-state index contributed by atoms with van der Waals surface area (Å²) in [6.45, 7) is 9.50. The Labute approximate surface area is 253 Å². The first kappa shape index (κ1) is 32.4. The number of hydrogen-bond acceptors (Lipinski definition) is 4. The molecule has 1 N–H and O–H groups in total. The smallest absolute Gasteiger partial charge is 0.264 e. The summed E-state index contributed by atoms with van der Waals surface area (Å²) in [5, 5.41) is 3.60. The number of rotatable bonds is 12. The number of anilines is 1. The van der Waals surface area contributed by atoms with E-state index in [1.807, 2.05) is 40.7 Å². The largest absolute Gasteiger partial charge is 0.354 e. The summed E-state index contributed by atoms with van der Waals surface area (Å²) in [4.78, 5) is 29.0. The summed E-state index contributed by atoms with van der Waals surface area (Å²) in [7, 11) is -4.13. The fourth-order valence-corrected chi connectivity index (χ4v) is 6.26. The van der Waals surface area contributed by atoms with Gasteiger partial charge in [-0.15, -0.1) is 0 Å². The summed E-state index contributed by atoms with van der Waals surface area (Å²) in [6.07, 6.45) is 0.325. The number of aryl methyl sites for hydroxylation is 2. The molecule has 10 heteroatoms. The van der Waals surface area contributed by atoms with Gasteiger partial charge in [-0.25, -0.2) is 8.42 Å². The minimum absolute atomic E-state index is 0.0371. The highest BCUT2D eigenvalue weighted by Crippen LogP contribution is 2.28. The molecule has 0 aromatic heterocycles. The Morgan fingerprint density at radius 3 is 2.10 bits per heavy atom. The summed E-state index contributed by atoms with van der Waals surface area (Å²) < 4.78 is 29.0. The van der Waals surface area contributed by atoms with Gasteiger partial charge in [0.15, 0.2) is 0 Å². The van der Waals surface area contributed by atoms with Gasteiger partial charge in [0.1, 0.15) is 12.6 Å². The Kier molecular flexibility index (Phi) is 11.2. The Balaban J connectivity index is 2.08. The molecule has 220 valence electrons. The summed E-state index contributed by atoms with van der Waals surface area (Å²) in [5.41, 5.74) is 2.74. The predicted octanol–water partition coefficient (Wildman–Crippen LogP) is 6.39. The molecule has 3 aromatic carbocycles. The molecule has 0 bridgehead atoms. The summed E-state index contributed by atoms with van der Waals surface area (Å²) >= 11 is 12.4. The van der Waals surface area contributed by atoms with Gasteiger partial charge in [0.25, 0.3) is 10.0 Å². The molecule has 7 nitrogen and oxygen atoms in total. The van der Waals surface area contributed by atoms with Crippen LogP contribution >= 0.6 is 23.2 Å². The molecule has 1 atom stereocenters. The van der Waals surface area contributed by atoms with Gasteiger partial charge >= 0.3 is 0 Å². The van der Waals surface area contributed by atoms with Crippen LogP contribution in [0.3, 0.4) is 0 Å². The molecule has 0 saturated heterocycles. The fourth-order valence-electron chi connectivity index (χ4n) is 4.52. The van der Waals surface area contributed by atoms with E-state index in [2.05, 4.69) is 5.32 Å². The molecule has 0 saturated carbocycles. The molecule has 0 aliphatic heterocycles. The average Bonchev–Trinajstić information content (AvgIpc) is 2.92. The van der Waals surface area contributed by atoms with Gasteiger partial charge < -0.3 is 10.2 Å². The lowest BCUT2D eigenvalue weighted by atomic mass is 10.1. The highest BCUT2D eigenvalue weighted by atomic mass is 35.5. The van der Waals surface area contributed by atoms with Crippen molar-refractivity contribution >= 4 is 50.7 Å². The molecule has 0 radical (unpaired) electrons. The molecular weight excluding hydrogens is 581 g/mol. The topological polar surface area (TPSA) is 86.8 Å². The molecule has 0 aliphatic carbocycles. The SMILES string of the molecule is CC[C@@H](C(=O)NCC(C)C)N(Cc1ccc(Cl)c(Cl)c1)C(=O)CN(c1cc(C)cc(C)c1)S(=O)(=O)c1ccccc1. The summed E-state index contributed by atoms with van der Waals surface area (Å²) in [6, 6.07) is 17.6. The van der Waals surface area contributed by atoms with E-state index in [4.69, 9.17) is 23.2 Å². The second kappa shape index (κ2) is 14.2. The van der Waals surface area contributed by atoms with Gasteiger partial charge in [-0.3, -0.25) is 13.9 Å². The third-order valence-corrected chi connectivity index (χ3v) is 9.04. The maximum absolute atomic E-state index is 14.2. The van der Waals surface area contributed by atoms with E-state index in [-0.39, 0.29) is 23.3 Å². The first-order valence-electron chi connectivity index (χ1n) is 13.5. The van der Waals surface area contributed by atoms with E-state index in [1.165, 1.54) is 17.0 Å². The van der Waals surface area contributed by atoms with Crippen molar-refractivity contribution in [2.45, 2.75) is 58.5 Å². The average molecular weight is 619 g/mol. The van der Waals surface area contributed by atoms with E-state index in [9.17, 15) is 18.0 Å². The number of sulfonamides is 1. The molecule has 0 unspecified atom stereocenters. The van der Waals surface area contributed by atoms with Gasteiger partial charge in [0, 0.05) is 13.1 Å². The molecular formula is C31H37Cl2N3O4S. The minimum atomic E-state index is -4.13. The van der Waals surface area contributed by atoms with Crippen LogP contribution in [0.1, 0.15) is 43.9 Å². The number of carbonyl (C=O) groups is 2. The van der Waals surface area contributed by atoms with Crippen molar-refractivity contribution in [1.82, 2.24) is 10.2 Å². The Bertz CT molecular complexity index is 1460. The monoisotopic (exact) mass is 617 g/mol. The van der Waals surface area contributed by atoms with Gasteiger partial charge in [-0.2, -0.15) is 0 Å². The molecule has 3 rings (SSSR count). The van der Waals surface area contributed by atoms with Crippen molar-refractivity contribution in [2.75, 3.05) is 17.4 Å². The number of hydrogen-bond donors (Lipinski definition) is 1. The number of nitrogens with one attached hydrogen (secondary N) is 1. The quantitative estimate of drug-likeness (QED) is 0.255. The molecule has 0 fully saturated rings. The second-order valence-electron chi connectivity index (χ2n) is 10.5. The van der Waals surface area contributed by atoms with Crippen LogP contribution in [-0.4, -0.2) is 44.3 Å². The number of amides is 2. The maximum Gasteiger partial charge on any atom is 0.264 e. The van der Waals surface area contributed by atoms with E-state index in [1.54, 1.807) is 48.5 Å². The predicted molar refractivity (Wildman–Crippen MR) is 166 cm³/mol. The first-order chi connectivity index (χ1) is 19.3. The van der Waals surface area contributed by atoms with Crippen LogP contribution in [0.4, 0.5) is 5.69 Å². The number of benzene rings is 3. The van der Waals surface area contributed by atoms with Crippen LogP contribution in [0, 0.1) is 19.8 Å². The second-order valence-corrected chi connectivity index (χ2v) is 13.2. The van der Waals surface area contributed by atoms with Crippen LogP contribution in [0.2, 0.25) is 10.0 Å².